The molecule has 2 aromatic carbocycles. The molecule has 0 unspecified atom stereocenters. The molecule has 6 rings (SSSR count). The fourth-order valence-corrected chi connectivity index (χ4v) is 6.11. The van der Waals surface area contributed by atoms with Crippen LogP contribution in [0.1, 0.15) is 42.6 Å². The molecule has 2 aliphatic rings. The summed E-state index contributed by atoms with van der Waals surface area (Å²) in [6, 6.07) is 20.7. The number of fused-ring (bicyclic) bond motifs is 3. The van der Waals surface area contributed by atoms with Crippen LogP contribution in [0.3, 0.4) is 0 Å². The fraction of sp³-hybridized carbons (Fsp3) is 0.333. The standard InChI is InChI=1S/C24H23N3OS/c1-27-18-10-11-20(27)22(24-25-23(26-28-24)21-7-4-12-29-21)19(14-18)17-9-8-15-5-2-3-6-16(15)13-17/h2-9,12-13,18-20,22H,10-11,14H2,1H3/t18-,19+,20+,22+/m0/s1. The zero-order valence-corrected chi connectivity index (χ0v) is 17.2. The third kappa shape index (κ3) is 2.83. The molecule has 4 aromatic rings. The molecule has 2 bridgehead atoms. The highest BCUT2D eigenvalue weighted by Crippen LogP contribution is 2.51. The molecule has 0 radical (unpaired) electrons. The van der Waals surface area contributed by atoms with E-state index < -0.39 is 0 Å². The number of aromatic nitrogens is 2. The number of hydrogen-bond donors (Lipinski definition) is 0. The molecule has 4 heterocycles. The number of rotatable bonds is 3. The third-order valence-corrected chi connectivity index (χ3v) is 7.80. The Hall–Kier alpha value is -2.50. The van der Waals surface area contributed by atoms with E-state index in [1.807, 2.05) is 6.07 Å². The SMILES string of the molecule is CN1[C@H]2CC[C@@H]1[C@H](c1nc(-c3cccs3)no1)[C@@H](c1ccc3ccccc3c1)C2. The van der Waals surface area contributed by atoms with Gasteiger partial charge in [-0.05, 0) is 60.0 Å². The first-order valence-corrected chi connectivity index (χ1v) is 11.2. The van der Waals surface area contributed by atoms with Crippen molar-refractivity contribution >= 4 is 22.1 Å². The molecule has 0 aliphatic carbocycles. The molecule has 146 valence electrons. The van der Waals surface area contributed by atoms with Crippen molar-refractivity contribution in [1.29, 1.82) is 0 Å². The molecule has 5 heteroatoms. The summed E-state index contributed by atoms with van der Waals surface area (Å²) in [5.74, 6) is 2.16. The van der Waals surface area contributed by atoms with Crippen LogP contribution in [0.4, 0.5) is 0 Å². The molecule has 2 aliphatic heterocycles. The lowest BCUT2D eigenvalue weighted by atomic mass is 9.75. The van der Waals surface area contributed by atoms with Crippen molar-refractivity contribution in [2.45, 2.75) is 43.2 Å². The maximum absolute atomic E-state index is 5.88. The first-order chi connectivity index (χ1) is 14.3. The van der Waals surface area contributed by atoms with Gasteiger partial charge in [0.15, 0.2) is 0 Å². The Bertz CT molecular complexity index is 1150. The molecule has 0 N–H and O–H groups in total. The Morgan fingerprint density at radius 3 is 2.79 bits per heavy atom. The van der Waals surface area contributed by atoms with Crippen LogP contribution in [-0.2, 0) is 0 Å². The number of hydrogen-bond acceptors (Lipinski definition) is 5. The quantitative estimate of drug-likeness (QED) is 0.443. The van der Waals surface area contributed by atoms with Gasteiger partial charge in [0.25, 0.3) is 0 Å². The Labute approximate surface area is 174 Å². The molecular formula is C24H23N3OS. The number of piperidine rings is 1. The molecule has 2 fully saturated rings. The van der Waals surface area contributed by atoms with E-state index in [0.717, 1.165) is 23.0 Å². The molecule has 0 spiro atoms. The summed E-state index contributed by atoms with van der Waals surface area (Å²) in [6.45, 7) is 0. The summed E-state index contributed by atoms with van der Waals surface area (Å²) in [5.41, 5.74) is 1.40. The number of benzene rings is 2. The molecular weight excluding hydrogens is 378 g/mol. The maximum Gasteiger partial charge on any atom is 0.232 e. The van der Waals surface area contributed by atoms with E-state index in [1.54, 1.807) is 11.3 Å². The van der Waals surface area contributed by atoms with Crippen molar-refractivity contribution in [1.82, 2.24) is 15.0 Å². The third-order valence-electron chi connectivity index (χ3n) is 6.94. The average molecular weight is 402 g/mol. The highest BCUT2D eigenvalue weighted by atomic mass is 32.1. The number of likely N-dealkylation sites (N-methyl/N-ethyl adjacent to an activating group) is 1. The van der Waals surface area contributed by atoms with E-state index in [0.29, 0.717) is 18.0 Å². The van der Waals surface area contributed by atoms with Gasteiger partial charge in [-0.2, -0.15) is 4.98 Å². The van der Waals surface area contributed by atoms with Crippen LogP contribution in [0.25, 0.3) is 21.5 Å². The average Bonchev–Trinajstić information content (AvgIpc) is 3.48. The van der Waals surface area contributed by atoms with Gasteiger partial charge < -0.3 is 4.52 Å². The maximum atomic E-state index is 5.88. The summed E-state index contributed by atoms with van der Waals surface area (Å²) in [5, 5.41) is 8.98. The molecule has 0 saturated carbocycles. The monoisotopic (exact) mass is 401 g/mol. The van der Waals surface area contributed by atoms with Crippen LogP contribution in [-0.4, -0.2) is 34.2 Å². The highest BCUT2D eigenvalue weighted by Gasteiger charge is 2.48. The molecule has 4 nitrogen and oxygen atoms in total. The molecule has 0 amide bonds. The second-order valence-corrected chi connectivity index (χ2v) is 9.32. The van der Waals surface area contributed by atoms with E-state index in [4.69, 9.17) is 9.51 Å². The van der Waals surface area contributed by atoms with Crippen LogP contribution < -0.4 is 0 Å². The van der Waals surface area contributed by atoms with Gasteiger partial charge in [0.1, 0.15) is 0 Å². The van der Waals surface area contributed by atoms with E-state index in [2.05, 4.69) is 71.0 Å². The van der Waals surface area contributed by atoms with Crippen molar-refractivity contribution in [3.63, 3.8) is 0 Å². The van der Waals surface area contributed by atoms with Gasteiger partial charge in [0, 0.05) is 12.1 Å². The molecule has 29 heavy (non-hydrogen) atoms. The van der Waals surface area contributed by atoms with Gasteiger partial charge in [0.05, 0.1) is 10.8 Å². The summed E-state index contributed by atoms with van der Waals surface area (Å²) in [7, 11) is 2.27. The van der Waals surface area contributed by atoms with Gasteiger partial charge in [-0.1, -0.05) is 53.7 Å². The van der Waals surface area contributed by atoms with Crippen molar-refractivity contribution in [3.05, 3.63) is 71.4 Å². The predicted octanol–water partition coefficient (Wildman–Crippen LogP) is 5.69. The minimum atomic E-state index is 0.237. The smallest absolute Gasteiger partial charge is 0.232 e. The van der Waals surface area contributed by atoms with Crippen molar-refractivity contribution < 1.29 is 4.52 Å². The van der Waals surface area contributed by atoms with E-state index in [1.165, 1.54) is 29.2 Å². The molecule has 2 aromatic heterocycles. The second kappa shape index (κ2) is 6.78. The second-order valence-electron chi connectivity index (χ2n) is 8.37. The minimum Gasteiger partial charge on any atom is -0.339 e. The van der Waals surface area contributed by atoms with Crippen LogP contribution in [0.15, 0.2) is 64.5 Å². The van der Waals surface area contributed by atoms with Gasteiger partial charge in [-0.3, -0.25) is 4.90 Å². The Balaban J connectivity index is 1.43. The predicted molar refractivity (Wildman–Crippen MR) is 116 cm³/mol. The Morgan fingerprint density at radius 2 is 1.93 bits per heavy atom. The molecule has 2 saturated heterocycles. The zero-order chi connectivity index (χ0) is 19.4. The van der Waals surface area contributed by atoms with Crippen molar-refractivity contribution in [2.75, 3.05) is 7.05 Å². The van der Waals surface area contributed by atoms with E-state index in [9.17, 15) is 0 Å². The van der Waals surface area contributed by atoms with Crippen LogP contribution in [0.5, 0.6) is 0 Å². The summed E-state index contributed by atoms with van der Waals surface area (Å²) >= 11 is 1.65. The van der Waals surface area contributed by atoms with Crippen LogP contribution in [0, 0.1) is 0 Å². The lowest BCUT2D eigenvalue weighted by molar-refractivity contribution is 0.120. The molecule has 4 atom stereocenters. The first-order valence-electron chi connectivity index (χ1n) is 10.4. The largest absolute Gasteiger partial charge is 0.339 e. The van der Waals surface area contributed by atoms with Crippen LogP contribution >= 0.6 is 11.3 Å². The van der Waals surface area contributed by atoms with Crippen LogP contribution in [0.2, 0.25) is 0 Å². The summed E-state index contributed by atoms with van der Waals surface area (Å²) < 4.78 is 5.88. The Morgan fingerprint density at radius 1 is 1.03 bits per heavy atom. The first kappa shape index (κ1) is 17.4. The minimum absolute atomic E-state index is 0.237. The van der Waals surface area contributed by atoms with E-state index in [-0.39, 0.29) is 5.92 Å². The zero-order valence-electron chi connectivity index (χ0n) is 16.4. The van der Waals surface area contributed by atoms with Gasteiger partial charge in [-0.25, -0.2) is 0 Å². The van der Waals surface area contributed by atoms with Gasteiger partial charge in [0.2, 0.25) is 11.7 Å². The lowest BCUT2D eigenvalue weighted by Gasteiger charge is -2.41. The summed E-state index contributed by atoms with van der Waals surface area (Å²) in [6.07, 6.45) is 3.60. The summed E-state index contributed by atoms with van der Waals surface area (Å²) in [4.78, 5) is 8.49. The van der Waals surface area contributed by atoms with E-state index >= 15 is 0 Å². The highest BCUT2D eigenvalue weighted by molar-refractivity contribution is 7.13. The number of nitrogens with zero attached hydrogens (tertiary/aromatic N) is 3. The number of thiophene rings is 1. The van der Waals surface area contributed by atoms with Gasteiger partial charge in [-0.15, -0.1) is 11.3 Å². The van der Waals surface area contributed by atoms with Crippen molar-refractivity contribution in [2.24, 2.45) is 0 Å². The lowest BCUT2D eigenvalue weighted by Crippen LogP contribution is -2.44. The fourth-order valence-electron chi connectivity index (χ4n) is 5.46. The topological polar surface area (TPSA) is 42.2 Å². The normalized spacial score (nSPS) is 26.9. The van der Waals surface area contributed by atoms with Gasteiger partial charge >= 0.3 is 0 Å². The van der Waals surface area contributed by atoms with Crippen molar-refractivity contribution in [3.8, 4) is 10.7 Å². The Kier molecular flexibility index (Phi) is 4.06.